The van der Waals surface area contributed by atoms with Crippen LogP contribution in [0.1, 0.15) is 27.5 Å². The smallest absolute Gasteiger partial charge is 0.316 e. The fraction of sp³-hybridized carbons (Fsp3) is 0.118. The van der Waals surface area contributed by atoms with Gasteiger partial charge in [0.15, 0.2) is 5.76 Å². The van der Waals surface area contributed by atoms with Gasteiger partial charge in [-0.05, 0) is 38.1 Å². The Balaban J connectivity index is 2.20. The van der Waals surface area contributed by atoms with Crippen LogP contribution in [0.4, 0.5) is 10.5 Å². The zero-order valence-corrected chi connectivity index (χ0v) is 13.1. The number of anilines is 1. The number of hydrogen-bond acceptors (Lipinski definition) is 5. The molecule has 2 heterocycles. The molecule has 0 saturated carbocycles. The maximum atomic E-state index is 12.8. The number of ketones is 1. The van der Waals surface area contributed by atoms with Crippen molar-refractivity contribution in [1.82, 2.24) is 4.98 Å². The second-order valence-corrected chi connectivity index (χ2v) is 5.39. The molecule has 7 heteroatoms. The zero-order chi connectivity index (χ0) is 17.4. The molecule has 0 saturated heterocycles. The van der Waals surface area contributed by atoms with Crippen LogP contribution in [0.5, 0.6) is 5.75 Å². The number of aromatic nitrogens is 1. The summed E-state index contributed by atoms with van der Waals surface area (Å²) >= 11 is 0. The van der Waals surface area contributed by atoms with Crippen molar-refractivity contribution in [2.24, 2.45) is 5.73 Å². The van der Waals surface area contributed by atoms with Crippen LogP contribution in [0.2, 0.25) is 0 Å². The van der Waals surface area contributed by atoms with Gasteiger partial charge in [0.05, 0.1) is 0 Å². The average Bonchev–Trinajstić information content (AvgIpc) is 2.83. The summed E-state index contributed by atoms with van der Waals surface area (Å²) in [5, 5.41) is 12.5. The Labute approximate surface area is 137 Å². The summed E-state index contributed by atoms with van der Waals surface area (Å²) in [5.41, 5.74) is 7.32. The lowest BCUT2D eigenvalue weighted by atomic mass is 10.1. The van der Waals surface area contributed by atoms with Gasteiger partial charge in [-0.2, -0.15) is 0 Å². The van der Waals surface area contributed by atoms with E-state index in [-0.39, 0.29) is 22.8 Å². The van der Waals surface area contributed by atoms with Crippen molar-refractivity contribution in [3.05, 3.63) is 53.0 Å². The van der Waals surface area contributed by atoms with E-state index in [9.17, 15) is 14.7 Å². The Hall–Kier alpha value is -3.35. The lowest BCUT2D eigenvalue weighted by Crippen LogP contribution is -2.20. The van der Waals surface area contributed by atoms with Gasteiger partial charge in [0, 0.05) is 28.4 Å². The molecule has 0 aliphatic carbocycles. The first-order chi connectivity index (χ1) is 11.4. The maximum Gasteiger partial charge on any atom is 0.316 e. The van der Waals surface area contributed by atoms with Crippen LogP contribution in [-0.4, -0.2) is 21.9 Å². The van der Waals surface area contributed by atoms with Crippen molar-refractivity contribution in [3.63, 3.8) is 0 Å². The van der Waals surface area contributed by atoms with Gasteiger partial charge in [0.1, 0.15) is 17.0 Å². The quantitative estimate of drug-likeness (QED) is 0.640. The predicted molar refractivity (Wildman–Crippen MR) is 88.2 cm³/mol. The summed E-state index contributed by atoms with van der Waals surface area (Å²) in [5.74, 6) is -0.517. The molecule has 0 atom stereocenters. The van der Waals surface area contributed by atoms with Gasteiger partial charge in [0.2, 0.25) is 5.78 Å². The molecule has 3 rings (SSSR count). The number of phenolic OH excluding ortho intramolecular Hbond substituents is 1. The van der Waals surface area contributed by atoms with E-state index >= 15 is 0 Å². The molecule has 0 fully saturated rings. The highest BCUT2D eigenvalue weighted by Crippen LogP contribution is 2.34. The molecule has 0 radical (unpaired) electrons. The number of amides is 2. The second-order valence-electron chi connectivity index (χ2n) is 5.39. The minimum absolute atomic E-state index is 0.0194. The largest absolute Gasteiger partial charge is 0.508 e. The molecule has 0 aliphatic heterocycles. The number of primary amides is 1. The van der Waals surface area contributed by atoms with Crippen LogP contribution in [0.3, 0.4) is 0 Å². The van der Waals surface area contributed by atoms with Gasteiger partial charge < -0.3 is 20.6 Å². The lowest BCUT2D eigenvalue weighted by molar-refractivity contribution is 0.101. The number of furan rings is 1. The van der Waals surface area contributed by atoms with E-state index in [1.807, 2.05) is 6.92 Å². The Morgan fingerprint density at radius 3 is 2.62 bits per heavy atom. The number of nitrogens with two attached hydrogens (primary N) is 1. The Morgan fingerprint density at radius 2 is 1.96 bits per heavy atom. The molecule has 2 amide bonds. The minimum Gasteiger partial charge on any atom is -0.508 e. The van der Waals surface area contributed by atoms with Gasteiger partial charge in [-0.3, -0.25) is 9.78 Å². The number of carbonyl (C=O) groups is 2. The number of hydrogen-bond donors (Lipinski definition) is 3. The third kappa shape index (κ3) is 2.67. The third-order valence-corrected chi connectivity index (χ3v) is 3.60. The number of carbonyl (C=O) groups excluding carboxylic acids is 2. The Kier molecular flexibility index (Phi) is 3.69. The number of pyridine rings is 1. The van der Waals surface area contributed by atoms with Gasteiger partial charge >= 0.3 is 6.03 Å². The molecule has 0 aliphatic rings. The molecule has 0 unspecified atom stereocenters. The van der Waals surface area contributed by atoms with Crippen LogP contribution in [0, 0.1) is 13.8 Å². The summed E-state index contributed by atoms with van der Waals surface area (Å²) in [6.07, 6.45) is 0. The summed E-state index contributed by atoms with van der Waals surface area (Å²) in [7, 11) is 0. The van der Waals surface area contributed by atoms with Crippen LogP contribution >= 0.6 is 0 Å². The van der Waals surface area contributed by atoms with Crippen LogP contribution in [0.25, 0.3) is 11.0 Å². The maximum absolute atomic E-state index is 12.8. The number of aryl methyl sites for hydroxylation is 2. The normalized spacial score (nSPS) is 10.8. The molecular formula is C17H15N3O4. The van der Waals surface area contributed by atoms with E-state index in [2.05, 4.69) is 10.3 Å². The molecule has 122 valence electrons. The molecule has 4 N–H and O–H groups in total. The monoisotopic (exact) mass is 325 g/mol. The first-order valence-electron chi connectivity index (χ1n) is 7.17. The Morgan fingerprint density at radius 1 is 1.21 bits per heavy atom. The first kappa shape index (κ1) is 15.5. The van der Waals surface area contributed by atoms with Crippen molar-refractivity contribution in [1.29, 1.82) is 0 Å². The molecular weight excluding hydrogens is 310 g/mol. The number of phenols is 1. The van der Waals surface area contributed by atoms with Crippen molar-refractivity contribution < 1.29 is 19.1 Å². The summed E-state index contributed by atoms with van der Waals surface area (Å²) in [6.45, 7) is 3.54. The fourth-order valence-electron chi connectivity index (χ4n) is 2.54. The van der Waals surface area contributed by atoms with Crippen molar-refractivity contribution >= 4 is 28.5 Å². The number of benzene rings is 1. The number of urea groups is 1. The molecule has 24 heavy (non-hydrogen) atoms. The minimum atomic E-state index is -0.821. The number of nitrogens with one attached hydrogen (secondary N) is 1. The van der Waals surface area contributed by atoms with Crippen molar-refractivity contribution in [3.8, 4) is 5.75 Å². The molecule has 0 spiro atoms. The van der Waals surface area contributed by atoms with E-state index in [1.165, 1.54) is 18.2 Å². The predicted octanol–water partition coefficient (Wildman–Crippen LogP) is 2.87. The van der Waals surface area contributed by atoms with E-state index in [0.717, 1.165) is 5.69 Å². The number of fused-ring (bicyclic) bond motifs is 1. The molecule has 1 aromatic carbocycles. The van der Waals surface area contributed by atoms with E-state index in [0.29, 0.717) is 16.6 Å². The second kappa shape index (κ2) is 5.69. The number of rotatable bonds is 3. The van der Waals surface area contributed by atoms with Gasteiger partial charge in [-0.1, -0.05) is 0 Å². The first-order valence-corrected chi connectivity index (χ1v) is 7.17. The van der Waals surface area contributed by atoms with Crippen molar-refractivity contribution in [2.45, 2.75) is 13.8 Å². The number of aromatic hydroxyl groups is 1. The Bertz CT molecular complexity index is 975. The van der Waals surface area contributed by atoms with E-state index < -0.39 is 11.8 Å². The third-order valence-electron chi connectivity index (χ3n) is 3.60. The summed E-state index contributed by atoms with van der Waals surface area (Å²) < 4.78 is 5.57. The van der Waals surface area contributed by atoms with Crippen LogP contribution < -0.4 is 11.1 Å². The summed E-state index contributed by atoms with van der Waals surface area (Å²) in [4.78, 5) is 28.4. The molecule has 0 bridgehead atoms. The molecule has 7 nitrogen and oxygen atoms in total. The highest BCUT2D eigenvalue weighted by atomic mass is 16.3. The van der Waals surface area contributed by atoms with Crippen LogP contribution in [0.15, 0.2) is 34.7 Å². The topological polar surface area (TPSA) is 118 Å². The van der Waals surface area contributed by atoms with Gasteiger partial charge in [-0.15, -0.1) is 0 Å². The SMILES string of the molecule is Cc1ccc(C(=O)c2oc3cc(O)ccc3c2NC(N)=O)c(C)n1. The van der Waals surface area contributed by atoms with E-state index in [1.54, 1.807) is 19.1 Å². The van der Waals surface area contributed by atoms with E-state index in [4.69, 9.17) is 10.2 Å². The average molecular weight is 325 g/mol. The number of nitrogens with zero attached hydrogens (tertiary/aromatic N) is 1. The highest BCUT2D eigenvalue weighted by Gasteiger charge is 2.24. The molecule has 2 aromatic heterocycles. The van der Waals surface area contributed by atoms with Gasteiger partial charge in [0.25, 0.3) is 0 Å². The zero-order valence-electron chi connectivity index (χ0n) is 13.1. The molecule has 3 aromatic rings. The van der Waals surface area contributed by atoms with Gasteiger partial charge in [-0.25, -0.2) is 4.79 Å². The van der Waals surface area contributed by atoms with Crippen molar-refractivity contribution in [2.75, 3.05) is 5.32 Å². The van der Waals surface area contributed by atoms with Crippen LogP contribution in [-0.2, 0) is 0 Å². The highest BCUT2D eigenvalue weighted by molar-refractivity contribution is 6.17. The lowest BCUT2D eigenvalue weighted by Gasteiger charge is -2.06. The standard InChI is InChI=1S/C17H15N3O4/c1-8-3-5-11(9(2)19-8)15(22)16-14(20-17(18)23)12-6-4-10(21)7-13(12)24-16/h3-7,21H,1-2H3,(H3,18,20,23). The summed E-state index contributed by atoms with van der Waals surface area (Å²) in [6, 6.07) is 6.87. The fourth-order valence-corrected chi connectivity index (χ4v) is 2.54.